The van der Waals surface area contributed by atoms with E-state index in [2.05, 4.69) is 20.6 Å². The highest BCUT2D eigenvalue weighted by Crippen LogP contribution is 2.34. The third-order valence-corrected chi connectivity index (χ3v) is 4.56. The molecule has 0 radical (unpaired) electrons. The smallest absolute Gasteiger partial charge is 0.417 e. The van der Waals surface area contributed by atoms with Crippen molar-refractivity contribution in [3.63, 3.8) is 0 Å². The summed E-state index contributed by atoms with van der Waals surface area (Å²) >= 11 is 0. The summed E-state index contributed by atoms with van der Waals surface area (Å²) in [7, 11) is 0. The number of amides is 2. The van der Waals surface area contributed by atoms with Crippen LogP contribution in [0.2, 0.25) is 0 Å². The van der Waals surface area contributed by atoms with E-state index in [0.717, 1.165) is 18.2 Å². The van der Waals surface area contributed by atoms with Crippen molar-refractivity contribution < 1.29 is 27.1 Å². The lowest BCUT2D eigenvalue weighted by Crippen LogP contribution is -2.20. The third-order valence-electron chi connectivity index (χ3n) is 4.56. The van der Waals surface area contributed by atoms with E-state index in [1.54, 1.807) is 18.2 Å². The van der Waals surface area contributed by atoms with Crippen LogP contribution in [-0.4, -0.2) is 16.0 Å². The minimum Gasteiger partial charge on any atom is -0.454 e. The van der Waals surface area contributed by atoms with Crippen LogP contribution in [0.15, 0.2) is 67.0 Å². The number of benzene rings is 3. The van der Waals surface area contributed by atoms with E-state index in [9.17, 15) is 22.4 Å². The number of aromatic nitrogens is 2. The number of nitrogens with one attached hydrogen (secondary N) is 2. The molecular weight excluding hydrogens is 454 g/mol. The number of urea groups is 1. The van der Waals surface area contributed by atoms with Crippen LogP contribution in [0.4, 0.5) is 33.7 Å². The second-order valence-electron chi connectivity index (χ2n) is 6.90. The average Bonchev–Trinajstić information content (AvgIpc) is 2.80. The number of rotatable bonds is 4. The highest BCUT2D eigenvalue weighted by atomic mass is 19.4. The summed E-state index contributed by atoms with van der Waals surface area (Å²) in [6, 6.07) is 11.7. The summed E-state index contributed by atoms with van der Waals surface area (Å²) in [6.45, 7) is 0. The predicted molar refractivity (Wildman–Crippen MR) is 115 cm³/mol. The normalized spacial score (nSPS) is 11.0. The van der Waals surface area contributed by atoms with Crippen molar-refractivity contribution in [2.24, 2.45) is 0 Å². The molecule has 3 aromatic carbocycles. The molecule has 0 bridgehead atoms. The molecule has 0 aliphatic carbocycles. The highest BCUT2D eigenvalue weighted by Gasteiger charge is 2.34. The fourth-order valence-electron chi connectivity index (χ4n) is 3.04. The monoisotopic (exact) mass is 467 g/mol. The zero-order chi connectivity index (χ0) is 24.3. The molecule has 1 heterocycles. The fraction of sp³-hybridized carbons (Fsp3) is 0.0435. The molecule has 2 N–H and O–H groups in total. The van der Waals surface area contributed by atoms with Gasteiger partial charge in [-0.1, -0.05) is 0 Å². The van der Waals surface area contributed by atoms with Crippen molar-refractivity contribution in [2.45, 2.75) is 6.18 Å². The zero-order valence-electron chi connectivity index (χ0n) is 17.0. The summed E-state index contributed by atoms with van der Waals surface area (Å²) in [5.41, 5.74) is -0.642. The maximum atomic E-state index is 14.3. The lowest BCUT2D eigenvalue weighted by Gasteiger charge is -2.13. The SMILES string of the molecule is N#Cc1ccc(NC(=O)Nc2ccc(F)c(Oc3ccc4nccnc4c3)c2)cc1C(F)(F)F. The lowest BCUT2D eigenvalue weighted by atomic mass is 10.1. The Labute approximate surface area is 189 Å². The quantitative estimate of drug-likeness (QED) is 0.354. The lowest BCUT2D eigenvalue weighted by molar-refractivity contribution is -0.137. The summed E-state index contributed by atoms with van der Waals surface area (Å²) in [4.78, 5) is 20.6. The number of carbonyl (C=O) groups excluding carboxylic acids is 1. The number of alkyl halides is 3. The van der Waals surface area contributed by atoms with E-state index in [0.29, 0.717) is 17.1 Å². The Hall–Kier alpha value is -4.72. The second kappa shape index (κ2) is 9.03. The minimum atomic E-state index is -4.77. The molecule has 0 atom stereocenters. The van der Waals surface area contributed by atoms with E-state index < -0.39 is 29.2 Å². The van der Waals surface area contributed by atoms with Gasteiger partial charge < -0.3 is 15.4 Å². The Morgan fingerprint density at radius 3 is 2.29 bits per heavy atom. The molecule has 0 fully saturated rings. The molecule has 0 saturated carbocycles. The number of carbonyl (C=O) groups is 1. The summed E-state index contributed by atoms with van der Waals surface area (Å²) in [5, 5.41) is 13.5. The van der Waals surface area contributed by atoms with Gasteiger partial charge >= 0.3 is 12.2 Å². The molecule has 4 aromatic rings. The number of nitriles is 1. The van der Waals surface area contributed by atoms with Gasteiger partial charge in [0.1, 0.15) is 5.75 Å². The molecule has 0 aliphatic heterocycles. The van der Waals surface area contributed by atoms with E-state index in [4.69, 9.17) is 10.00 Å². The first-order chi connectivity index (χ1) is 16.2. The second-order valence-corrected chi connectivity index (χ2v) is 6.90. The Bertz CT molecular complexity index is 1430. The molecule has 4 rings (SSSR count). The van der Waals surface area contributed by atoms with Crippen LogP contribution in [-0.2, 0) is 6.18 Å². The molecule has 0 saturated heterocycles. The van der Waals surface area contributed by atoms with E-state index in [-0.39, 0.29) is 22.9 Å². The highest BCUT2D eigenvalue weighted by molar-refractivity contribution is 6.00. The van der Waals surface area contributed by atoms with Crippen LogP contribution >= 0.6 is 0 Å². The Kier molecular flexibility index (Phi) is 5.97. The summed E-state index contributed by atoms with van der Waals surface area (Å²) in [6.07, 6.45) is -1.73. The third kappa shape index (κ3) is 5.02. The molecule has 170 valence electrons. The van der Waals surface area contributed by atoms with E-state index >= 15 is 0 Å². The molecule has 11 heteroatoms. The predicted octanol–water partition coefficient (Wildman–Crippen LogP) is 6.10. The van der Waals surface area contributed by atoms with Gasteiger partial charge in [0.15, 0.2) is 11.6 Å². The van der Waals surface area contributed by atoms with Gasteiger partial charge in [0.05, 0.1) is 28.2 Å². The van der Waals surface area contributed by atoms with Gasteiger partial charge in [-0.3, -0.25) is 9.97 Å². The Balaban J connectivity index is 1.50. The Morgan fingerprint density at radius 2 is 1.59 bits per heavy atom. The zero-order valence-corrected chi connectivity index (χ0v) is 17.0. The fourth-order valence-corrected chi connectivity index (χ4v) is 3.04. The number of halogens is 4. The van der Waals surface area contributed by atoms with Crippen molar-refractivity contribution in [1.82, 2.24) is 9.97 Å². The van der Waals surface area contributed by atoms with Gasteiger partial charge in [-0.25, -0.2) is 9.18 Å². The molecule has 0 unspecified atom stereocenters. The molecule has 34 heavy (non-hydrogen) atoms. The van der Waals surface area contributed by atoms with Gasteiger partial charge in [-0.2, -0.15) is 18.4 Å². The van der Waals surface area contributed by atoms with Crippen LogP contribution in [0, 0.1) is 17.1 Å². The van der Waals surface area contributed by atoms with Crippen molar-refractivity contribution in [3.8, 4) is 17.6 Å². The number of ether oxygens (including phenoxy) is 1. The van der Waals surface area contributed by atoms with Gasteiger partial charge in [0.25, 0.3) is 0 Å². The van der Waals surface area contributed by atoms with Crippen LogP contribution in [0.5, 0.6) is 11.5 Å². The minimum absolute atomic E-state index is 0.124. The van der Waals surface area contributed by atoms with Crippen molar-refractivity contribution >= 4 is 28.4 Å². The number of anilines is 2. The van der Waals surface area contributed by atoms with Crippen molar-refractivity contribution in [3.05, 3.63) is 83.9 Å². The van der Waals surface area contributed by atoms with Crippen molar-refractivity contribution in [2.75, 3.05) is 10.6 Å². The number of nitrogens with zero attached hydrogens (tertiary/aromatic N) is 3. The topological polar surface area (TPSA) is 99.9 Å². The first-order valence-corrected chi connectivity index (χ1v) is 9.60. The van der Waals surface area contributed by atoms with Gasteiger partial charge in [0.2, 0.25) is 0 Å². The summed E-state index contributed by atoms with van der Waals surface area (Å²) in [5.74, 6) is -0.614. The number of hydrogen-bond donors (Lipinski definition) is 2. The van der Waals surface area contributed by atoms with Gasteiger partial charge in [-0.15, -0.1) is 0 Å². The first kappa shape index (κ1) is 22.5. The van der Waals surface area contributed by atoms with Crippen LogP contribution in [0.1, 0.15) is 11.1 Å². The van der Waals surface area contributed by atoms with E-state index in [1.807, 2.05) is 0 Å². The maximum absolute atomic E-state index is 14.3. The van der Waals surface area contributed by atoms with Gasteiger partial charge in [-0.05, 0) is 42.5 Å². The Morgan fingerprint density at radius 1 is 0.912 bits per heavy atom. The van der Waals surface area contributed by atoms with Gasteiger partial charge in [0, 0.05) is 35.9 Å². The summed E-state index contributed by atoms with van der Waals surface area (Å²) < 4.78 is 59.2. The standard InChI is InChI=1S/C23H13F4N5O2/c24-18-5-3-15(10-21(18)34-16-4-6-19-20(11-16)30-8-7-29-19)32-22(33)31-14-2-1-13(12-28)17(9-14)23(25,26)27/h1-11H,(H2,31,32,33). The average molecular weight is 467 g/mol. The van der Waals surface area contributed by atoms with Crippen molar-refractivity contribution in [1.29, 1.82) is 5.26 Å². The largest absolute Gasteiger partial charge is 0.454 e. The first-order valence-electron chi connectivity index (χ1n) is 9.60. The number of hydrogen-bond acceptors (Lipinski definition) is 5. The van der Waals surface area contributed by atoms with E-state index in [1.165, 1.54) is 30.6 Å². The van der Waals surface area contributed by atoms with Crippen LogP contribution in [0.3, 0.4) is 0 Å². The molecule has 0 aliphatic rings. The molecule has 2 amide bonds. The van der Waals surface area contributed by atoms with Crippen LogP contribution < -0.4 is 15.4 Å². The maximum Gasteiger partial charge on any atom is 0.417 e. The molecule has 1 aromatic heterocycles. The molecular formula is C23H13F4N5O2. The molecule has 0 spiro atoms. The van der Waals surface area contributed by atoms with Crippen LogP contribution in [0.25, 0.3) is 11.0 Å². The molecule has 7 nitrogen and oxygen atoms in total. The number of fused-ring (bicyclic) bond motifs is 1.